The maximum absolute atomic E-state index is 13.2. The van der Waals surface area contributed by atoms with E-state index in [0.717, 1.165) is 63.7 Å². The fourth-order valence-electron chi connectivity index (χ4n) is 6.01. The van der Waals surface area contributed by atoms with Crippen molar-refractivity contribution >= 4 is 10.2 Å². The van der Waals surface area contributed by atoms with Crippen molar-refractivity contribution in [1.29, 1.82) is 0 Å². The molecule has 7 nitrogen and oxygen atoms in total. The first-order valence-electron chi connectivity index (χ1n) is 11.7. The summed E-state index contributed by atoms with van der Waals surface area (Å²) in [6.45, 7) is 2.35. The third-order valence-electron chi connectivity index (χ3n) is 8.14. The lowest BCUT2D eigenvalue weighted by Gasteiger charge is -2.38. The van der Waals surface area contributed by atoms with E-state index < -0.39 is 10.2 Å². The Hall–Kier alpha value is -0.990. The van der Waals surface area contributed by atoms with Crippen LogP contribution in [0.5, 0.6) is 0 Å². The maximum Gasteiger partial charge on any atom is 0.281 e. The molecule has 0 N–H and O–H groups in total. The Labute approximate surface area is 175 Å². The molecule has 1 aromatic heterocycles. The van der Waals surface area contributed by atoms with Gasteiger partial charge in [0.25, 0.3) is 10.2 Å². The van der Waals surface area contributed by atoms with E-state index in [-0.39, 0.29) is 11.5 Å². The number of nitrogens with zero attached hydrogens (tertiary/aromatic N) is 5. The third kappa shape index (κ3) is 3.55. The molecule has 1 spiro atoms. The van der Waals surface area contributed by atoms with Gasteiger partial charge in [0, 0.05) is 45.1 Å². The van der Waals surface area contributed by atoms with Crippen LogP contribution in [0.4, 0.5) is 0 Å². The van der Waals surface area contributed by atoms with Gasteiger partial charge in [-0.05, 0) is 50.4 Å². The zero-order valence-electron chi connectivity index (χ0n) is 17.7. The van der Waals surface area contributed by atoms with E-state index in [4.69, 9.17) is 0 Å². The van der Waals surface area contributed by atoms with E-state index in [1.807, 2.05) is 0 Å². The van der Waals surface area contributed by atoms with Crippen LogP contribution in [-0.2, 0) is 23.2 Å². The van der Waals surface area contributed by atoms with Crippen LogP contribution in [0.1, 0.15) is 88.2 Å². The van der Waals surface area contributed by atoms with Gasteiger partial charge in [-0.2, -0.15) is 17.0 Å². The lowest BCUT2D eigenvalue weighted by atomic mass is 9.91. The molecular formula is C21H35N5O2S. The highest BCUT2D eigenvalue weighted by molar-refractivity contribution is 7.86. The topological polar surface area (TPSA) is 71.3 Å². The Morgan fingerprint density at radius 2 is 1.69 bits per heavy atom. The molecular weight excluding hydrogens is 386 g/mol. The minimum atomic E-state index is -3.34. The van der Waals surface area contributed by atoms with Gasteiger partial charge in [-0.1, -0.05) is 25.7 Å². The van der Waals surface area contributed by atoms with E-state index in [1.54, 1.807) is 15.7 Å². The predicted octanol–water partition coefficient (Wildman–Crippen LogP) is 3.08. The molecule has 1 saturated heterocycles. The van der Waals surface area contributed by atoms with Crippen molar-refractivity contribution in [2.45, 2.75) is 95.6 Å². The molecule has 4 aliphatic rings. The molecule has 1 aromatic rings. The summed E-state index contributed by atoms with van der Waals surface area (Å²) in [5, 5.41) is 9.07. The Kier molecular flexibility index (Phi) is 5.23. The van der Waals surface area contributed by atoms with Crippen LogP contribution in [0.2, 0.25) is 0 Å². The van der Waals surface area contributed by atoms with Crippen LogP contribution >= 0.6 is 0 Å². The van der Waals surface area contributed by atoms with Crippen molar-refractivity contribution in [3.8, 4) is 0 Å². The number of aryl methyl sites for hydroxylation is 1. The molecule has 8 heteroatoms. The number of rotatable bonds is 4. The maximum atomic E-state index is 13.2. The highest BCUT2D eigenvalue weighted by Crippen LogP contribution is 2.64. The second-order valence-electron chi connectivity index (χ2n) is 9.77. The molecule has 0 unspecified atom stereocenters. The Morgan fingerprint density at radius 1 is 0.966 bits per heavy atom. The van der Waals surface area contributed by atoms with Gasteiger partial charge in [-0.25, -0.2) is 0 Å². The van der Waals surface area contributed by atoms with Crippen LogP contribution in [0.25, 0.3) is 0 Å². The van der Waals surface area contributed by atoms with E-state index in [2.05, 4.69) is 14.8 Å². The Bertz CT molecular complexity index is 837. The number of aromatic nitrogens is 3. The number of hydrogen-bond acceptors (Lipinski definition) is 4. The zero-order valence-corrected chi connectivity index (χ0v) is 18.5. The second kappa shape index (κ2) is 7.61. The Balaban J connectivity index is 1.24. The molecule has 1 atom stereocenters. The normalized spacial score (nSPS) is 28.4. The van der Waals surface area contributed by atoms with Crippen LogP contribution in [-0.4, -0.2) is 58.0 Å². The largest absolute Gasteiger partial charge is 0.315 e. The van der Waals surface area contributed by atoms with E-state index in [1.165, 1.54) is 31.5 Å². The van der Waals surface area contributed by atoms with Crippen molar-refractivity contribution in [2.24, 2.45) is 5.41 Å². The van der Waals surface area contributed by atoms with Gasteiger partial charge in [0.15, 0.2) is 0 Å². The molecule has 3 fully saturated rings. The molecule has 2 saturated carbocycles. The molecule has 2 aliphatic heterocycles. The third-order valence-corrected chi connectivity index (χ3v) is 10.2. The van der Waals surface area contributed by atoms with Gasteiger partial charge in [0.2, 0.25) is 0 Å². The molecule has 2 aliphatic carbocycles. The molecule has 0 amide bonds. The van der Waals surface area contributed by atoms with Crippen LogP contribution in [0, 0.1) is 5.41 Å². The van der Waals surface area contributed by atoms with E-state index in [0.29, 0.717) is 19.0 Å². The zero-order chi connectivity index (χ0) is 20.1. The van der Waals surface area contributed by atoms with Crippen molar-refractivity contribution in [3.63, 3.8) is 0 Å². The summed E-state index contributed by atoms with van der Waals surface area (Å²) in [5.41, 5.74) is 0.255. The highest BCUT2D eigenvalue weighted by atomic mass is 32.2. The molecule has 0 aromatic carbocycles. The monoisotopic (exact) mass is 421 g/mol. The smallest absolute Gasteiger partial charge is 0.281 e. The minimum absolute atomic E-state index is 0.185. The van der Waals surface area contributed by atoms with Gasteiger partial charge in [-0.15, -0.1) is 10.2 Å². The summed E-state index contributed by atoms with van der Waals surface area (Å²) < 4.78 is 32.2. The number of fused-ring (bicyclic) bond motifs is 1. The van der Waals surface area contributed by atoms with Gasteiger partial charge in [-0.3, -0.25) is 0 Å². The quantitative estimate of drug-likeness (QED) is 0.749. The number of hydrogen-bond donors (Lipinski definition) is 0. The summed E-state index contributed by atoms with van der Waals surface area (Å²) in [7, 11) is -1.55. The number of piperidine rings is 1. The van der Waals surface area contributed by atoms with Crippen LogP contribution in [0.15, 0.2) is 0 Å². The predicted molar refractivity (Wildman–Crippen MR) is 112 cm³/mol. The lowest BCUT2D eigenvalue weighted by molar-refractivity contribution is 0.218. The van der Waals surface area contributed by atoms with Gasteiger partial charge >= 0.3 is 0 Å². The fourth-order valence-corrected chi connectivity index (χ4v) is 7.60. The van der Waals surface area contributed by atoms with E-state index in [9.17, 15) is 8.42 Å². The molecule has 3 heterocycles. The van der Waals surface area contributed by atoms with Gasteiger partial charge < -0.3 is 4.57 Å². The molecule has 29 heavy (non-hydrogen) atoms. The van der Waals surface area contributed by atoms with E-state index >= 15 is 0 Å². The van der Waals surface area contributed by atoms with Crippen LogP contribution < -0.4 is 0 Å². The summed E-state index contributed by atoms with van der Waals surface area (Å²) in [6.07, 6.45) is 13.4. The van der Waals surface area contributed by atoms with Gasteiger partial charge in [0.1, 0.15) is 11.6 Å². The average Bonchev–Trinajstić information content (AvgIpc) is 3.37. The van der Waals surface area contributed by atoms with Crippen molar-refractivity contribution in [1.82, 2.24) is 23.4 Å². The highest BCUT2D eigenvalue weighted by Gasteiger charge is 2.58. The van der Waals surface area contributed by atoms with Crippen molar-refractivity contribution < 1.29 is 8.42 Å². The first kappa shape index (κ1) is 19.9. The SMILES string of the molecule is CN(C1CCCCC1)S(=O)(=O)N1CCC2(CC1)C[C@@H]2c1nnc2n1CCCCC2. The Morgan fingerprint density at radius 3 is 2.45 bits per heavy atom. The summed E-state index contributed by atoms with van der Waals surface area (Å²) >= 11 is 0. The molecule has 162 valence electrons. The first-order chi connectivity index (χ1) is 14.0. The molecule has 0 bridgehead atoms. The average molecular weight is 422 g/mol. The standard InChI is InChI=1S/C21H35N5O2S/c1-24(17-8-4-2-5-9-17)29(27,28)25-14-11-21(12-15-25)16-18(21)20-23-22-19-10-6-3-7-13-26(19)20/h17-18H,2-16H2,1H3/t18-/m1/s1. The minimum Gasteiger partial charge on any atom is -0.315 e. The van der Waals surface area contributed by atoms with Gasteiger partial charge in [0.05, 0.1) is 0 Å². The van der Waals surface area contributed by atoms with Crippen LogP contribution in [0.3, 0.4) is 0 Å². The lowest BCUT2D eigenvalue weighted by Crippen LogP contribution is -2.49. The van der Waals surface area contributed by atoms with Crippen molar-refractivity contribution in [2.75, 3.05) is 20.1 Å². The summed E-state index contributed by atoms with van der Waals surface area (Å²) in [6, 6.07) is 0.185. The first-order valence-corrected chi connectivity index (χ1v) is 13.1. The second-order valence-corrected chi connectivity index (χ2v) is 11.8. The molecule has 5 rings (SSSR count). The summed E-state index contributed by atoms with van der Waals surface area (Å²) in [4.78, 5) is 0. The fraction of sp³-hybridized carbons (Fsp3) is 0.905. The molecule has 0 radical (unpaired) electrons. The summed E-state index contributed by atoms with van der Waals surface area (Å²) in [5.74, 6) is 2.81. The van der Waals surface area contributed by atoms with Crippen molar-refractivity contribution in [3.05, 3.63) is 11.6 Å².